The molecule has 0 atom stereocenters. The number of unbranched alkanes of at least 4 members (excludes halogenated alkanes) is 1. The molecule has 0 unspecified atom stereocenters. The summed E-state index contributed by atoms with van der Waals surface area (Å²) < 4.78 is 52.5. The maximum absolute atomic E-state index is 12.1. The van der Waals surface area contributed by atoms with E-state index in [2.05, 4.69) is 0 Å². The Balaban J connectivity index is 1.77. The molecule has 0 heterocycles. The Kier molecular flexibility index (Phi) is 7.74. The van der Waals surface area contributed by atoms with E-state index in [4.69, 9.17) is 0 Å². The van der Waals surface area contributed by atoms with Gasteiger partial charge < -0.3 is 0 Å². The second kappa shape index (κ2) is 9.86. The summed E-state index contributed by atoms with van der Waals surface area (Å²) in [5, 5.41) is 0. The van der Waals surface area contributed by atoms with Gasteiger partial charge in [-0.05, 0) is 51.0 Å². The first-order chi connectivity index (χ1) is 14.0. The molecule has 0 saturated carbocycles. The summed E-state index contributed by atoms with van der Waals surface area (Å²) in [7, 11) is -7.89. The molecule has 0 spiro atoms. The molecule has 0 aromatic heterocycles. The van der Waals surface area contributed by atoms with E-state index < -0.39 is 31.9 Å². The molecule has 0 bridgehead atoms. The first kappa shape index (κ1) is 23.6. The highest BCUT2D eigenvalue weighted by molar-refractivity contribution is 7.90. The van der Waals surface area contributed by atoms with Gasteiger partial charge in [0.05, 0.1) is 9.79 Å². The third kappa shape index (κ3) is 6.96. The van der Waals surface area contributed by atoms with E-state index >= 15 is 0 Å². The van der Waals surface area contributed by atoms with Crippen molar-refractivity contribution in [2.24, 2.45) is 0 Å². The van der Waals surface area contributed by atoms with Gasteiger partial charge in [0.2, 0.25) is 11.8 Å². The Hall–Kier alpha value is -2.72. The fourth-order valence-electron chi connectivity index (χ4n) is 2.53. The predicted octanol–water partition coefficient (Wildman–Crippen LogP) is 2.17. The van der Waals surface area contributed by atoms with Crippen molar-refractivity contribution < 1.29 is 26.4 Å². The highest BCUT2D eigenvalue weighted by atomic mass is 32.2. The average Bonchev–Trinajstić information content (AvgIpc) is 2.65. The van der Waals surface area contributed by atoms with Gasteiger partial charge >= 0.3 is 0 Å². The summed E-state index contributed by atoms with van der Waals surface area (Å²) in [5.74, 6) is -1.38. The highest BCUT2D eigenvalue weighted by Crippen LogP contribution is 2.12. The largest absolute Gasteiger partial charge is 0.274 e. The van der Waals surface area contributed by atoms with Crippen LogP contribution in [0.1, 0.15) is 36.8 Å². The molecule has 2 amide bonds. The van der Waals surface area contributed by atoms with Crippen molar-refractivity contribution in [1.82, 2.24) is 9.44 Å². The van der Waals surface area contributed by atoms with Gasteiger partial charge in [-0.15, -0.1) is 0 Å². The first-order valence-corrected chi connectivity index (χ1v) is 12.2. The minimum atomic E-state index is -3.95. The molecule has 0 aliphatic rings. The third-order valence-electron chi connectivity index (χ3n) is 4.22. The molecule has 0 aliphatic heterocycles. The number of benzene rings is 2. The summed E-state index contributed by atoms with van der Waals surface area (Å²) >= 11 is 0. The van der Waals surface area contributed by atoms with Crippen LogP contribution in [0.4, 0.5) is 0 Å². The van der Waals surface area contributed by atoms with Crippen LogP contribution in [0.5, 0.6) is 0 Å². The van der Waals surface area contributed by atoms with Crippen molar-refractivity contribution in [3.8, 4) is 0 Å². The maximum Gasteiger partial charge on any atom is 0.264 e. The number of sulfonamides is 2. The molecule has 2 rings (SSSR count). The summed E-state index contributed by atoms with van der Waals surface area (Å²) in [6, 6.07) is 12.1. The van der Waals surface area contributed by atoms with Gasteiger partial charge in [-0.3, -0.25) is 9.59 Å². The Bertz CT molecular complexity index is 1020. The second-order valence-corrected chi connectivity index (χ2v) is 10.3. The number of carbonyl (C=O) groups excluding carboxylic acids is 2. The molecule has 30 heavy (non-hydrogen) atoms. The lowest BCUT2D eigenvalue weighted by molar-refractivity contribution is -0.121. The molecule has 0 aliphatic carbocycles. The topological polar surface area (TPSA) is 126 Å². The van der Waals surface area contributed by atoms with Gasteiger partial charge in [0.25, 0.3) is 20.0 Å². The van der Waals surface area contributed by atoms with Crippen LogP contribution >= 0.6 is 0 Å². The van der Waals surface area contributed by atoms with Gasteiger partial charge in [0.1, 0.15) is 0 Å². The number of rotatable bonds is 9. The summed E-state index contributed by atoms with van der Waals surface area (Å²) in [6.07, 6.45) is 0.243. The zero-order valence-electron chi connectivity index (χ0n) is 16.7. The number of hydrogen-bond donors (Lipinski definition) is 2. The third-order valence-corrected chi connectivity index (χ3v) is 6.99. The maximum atomic E-state index is 12.1. The number of amides is 2. The molecule has 162 valence electrons. The molecule has 0 radical (unpaired) electrons. The van der Waals surface area contributed by atoms with Crippen molar-refractivity contribution in [2.45, 2.75) is 49.3 Å². The van der Waals surface area contributed by atoms with Gasteiger partial charge in [-0.25, -0.2) is 26.3 Å². The van der Waals surface area contributed by atoms with Gasteiger partial charge in [-0.2, -0.15) is 0 Å². The second-order valence-electron chi connectivity index (χ2n) is 6.89. The Morgan fingerprint density at radius 3 is 1.23 bits per heavy atom. The molecule has 8 nitrogen and oxygen atoms in total. The van der Waals surface area contributed by atoms with Crippen LogP contribution in [0.2, 0.25) is 0 Å². The van der Waals surface area contributed by atoms with Crippen LogP contribution < -0.4 is 9.44 Å². The van der Waals surface area contributed by atoms with Crippen LogP contribution in [0.25, 0.3) is 0 Å². The zero-order chi connectivity index (χ0) is 22.4. The zero-order valence-corrected chi connectivity index (χ0v) is 18.3. The van der Waals surface area contributed by atoms with Crippen LogP contribution in [0.3, 0.4) is 0 Å². The minimum Gasteiger partial charge on any atom is -0.274 e. The average molecular weight is 453 g/mol. The summed E-state index contributed by atoms with van der Waals surface area (Å²) in [4.78, 5) is 23.8. The lowest BCUT2D eigenvalue weighted by Gasteiger charge is -2.08. The molecule has 0 saturated heterocycles. The van der Waals surface area contributed by atoms with Crippen LogP contribution in [-0.2, 0) is 29.6 Å². The molecule has 0 fully saturated rings. The van der Waals surface area contributed by atoms with E-state index in [0.717, 1.165) is 11.1 Å². The smallest absolute Gasteiger partial charge is 0.264 e. The number of nitrogens with one attached hydrogen (secondary N) is 2. The van der Waals surface area contributed by atoms with Gasteiger partial charge in [-0.1, -0.05) is 35.4 Å². The van der Waals surface area contributed by atoms with E-state index in [1.54, 1.807) is 24.3 Å². The number of aryl methyl sites for hydroxylation is 2. The SMILES string of the molecule is Cc1ccc(S(=O)(=O)NC(=O)CCCCC(=O)NS(=O)(=O)c2ccc(C)cc2)cc1. The summed E-state index contributed by atoms with van der Waals surface area (Å²) in [6.45, 7) is 3.63. The minimum absolute atomic E-state index is 0.0119. The van der Waals surface area contributed by atoms with Crippen LogP contribution in [-0.4, -0.2) is 28.6 Å². The van der Waals surface area contributed by atoms with Gasteiger partial charge in [0.15, 0.2) is 0 Å². The van der Waals surface area contributed by atoms with E-state index in [-0.39, 0.29) is 35.5 Å². The van der Waals surface area contributed by atoms with Crippen molar-refractivity contribution in [2.75, 3.05) is 0 Å². The van der Waals surface area contributed by atoms with Crippen molar-refractivity contribution >= 4 is 31.9 Å². The number of hydrogen-bond acceptors (Lipinski definition) is 6. The van der Waals surface area contributed by atoms with Crippen molar-refractivity contribution in [3.63, 3.8) is 0 Å². The standard InChI is InChI=1S/C20H24N2O6S2/c1-15-7-11-17(12-8-15)29(25,26)21-19(23)5-3-4-6-20(24)22-30(27,28)18-13-9-16(2)10-14-18/h7-14H,3-6H2,1-2H3,(H,21,23)(H,22,24). The van der Waals surface area contributed by atoms with Crippen molar-refractivity contribution in [3.05, 3.63) is 59.7 Å². The van der Waals surface area contributed by atoms with Crippen LogP contribution in [0, 0.1) is 13.8 Å². The fraction of sp³-hybridized carbons (Fsp3) is 0.300. The Morgan fingerprint density at radius 1 is 0.633 bits per heavy atom. The Morgan fingerprint density at radius 2 is 0.933 bits per heavy atom. The van der Waals surface area contributed by atoms with Crippen LogP contribution in [0.15, 0.2) is 58.3 Å². The van der Waals surface area contributed by atoms with E-state index in [1.165, 1.54) is 24.3 Å². The molecule has 2 aromatic rings. The molecular weight excluding hydrogens is 428 g/mol. The van der Waals surface area contributed by atoms with Crippen molar-refractivity contribution in [1.29, 1.82) is 0 Å². The fourth-order valence-corrected chi connectivity index (χ4v) is 4.55. The molecular formula is C20H24N2O6S2. The quantitative estimate of drug-likeness (QED) is 0.562. The lowest BCUT2D eigenvalue weighted by atomic mass is 10.2. The van der Waals surface area contributed by atoms with E-state index in [1.807, 2.05) is 23.3 Å². The van der Waals surface area contributed by atoms with Gasteiger partial charge in [0, 0.05) is 12.8 Å². The predicted molar refractivity (Wildman–Crippen MR) is 111 cm³/mol. The highest BCUT2D eigenvalue weighted by Gasteiger charge is 2.19. The summed E-state index contributed by atoms with van der Waals surface area (Å²) in [5.41, 5.74) is 1.78. The van der Waals surface area contributed by atoms with E-state index in [0.29, 0.717) is 0 Å². The number of carbonyl (C=O) groups is 2. The monoisotopic (exact) mass is 452 g/mol. The molecule has 2 aromatic carbocycles. The first-order valence-electron chi connectivity index (χ1n) is 9.24. The van der Waals surface area contributed by atoms with E-state index in [9.17, 15) is 26.4 Å². The normalized spacial score (nSPS) is 11.7. The molecule has 2 N–H and O–H groups in total. The lowest BCUT2D eigenvalue weighted by Crippen LogP contribution is -2.31. The Labute approximate surface area is 176 Å². The molecule has 10 heteroatoms.